The lowest BCUT2D eigenvalue weighted by atomic mass is 10.3. The van der Waals surface area contributed by atoms with E-state index in [4.69, 9.17) is 5.84 Å². The third-order valence-corrected chi connectivity index (χ3v) is 2.13. The van der Waals surface area contributed by atoms with Crippen molar-refractivity contribution >= 4 is 17.5 Å². The highest BCUT2D eigenvalue weighted by molar-refractivity contribution is 5.80. The van der Waals surface area contributed by atoms with Crippen LogP contribution in [0.4, 0.5) is 11.6 Å². The Bertz CT molecular complexity index is 378. The number of nitrogens with two attached hydrogens (primary N) is 1. The van der Waals surface area contributed by atoms with Crippen LogP contribution in [0.3, 0.4) is 0 Å². The summed E-state index contributed by atoms with van der Waals surface area (Å²) >= 11 is 0. The summed E-state index contributed by atoms with van der Waals surface area (Å²) in [5, 5.41) is 2.93. The number of carbonyl (C=O) groups excluding carboxylic acids is 1. The zero-order valence-electron chi connectivity index (χ0n) is 9.61. The summed E-state index contributed by atoms with van der Waals surface area (Å²) in [6.45, 7) is 2.01. The third kappa shape index (κ3) is 2.80. The zero-order chi connectivity index (χ0) is 12.1. The molecular weight excluding hydrogens is 208 g/mol. The summed E-state index contributed by atoms with van der Waals surface area (Å²) in [6, 6.07) is 0. The third-order valence-electron chi connectivity index (χ3n) is 2.13. The van der Waals surface area contributed by atoms with Crippen LogP contribution >= 0.6 is 0 Å². The second-order valence-corrected chi connectivity index (χ2v) is 3.48. The van der Waals surface area contributed by atoms with Gasteiger partial charge in [-0.25, -0.2) is 15.8 Å². The molecule has 0 saturated carbocycles. The number of nitrogen functional groups attached to an aromatic ring is 1. The van der Waals surface area contributed by atoms with E-state index in [0.717, 1.165) is 5.56 Å². The number of hydrogen-bond acceptors (Lipinski definition) is 6. The second-order valence-electron chi connectivity index (χ2n) is 3.48. The number of likely N-dealkylation sites (N-methyl/N-ethyl adjacent to an activating group) is 1. The van der Waals surface area contributed by atoms with Crippen molar-refractivity contribution in [2.75, 3.05) is 31.4 Å². The van der Waals surface area contributed by atoms with Gasteiger partial charge in [0.2, 0.25) is 5.91 Å². The molecule has 16 heavy (non-hydrogen) atoms. The maximum Gasteiger partial charge on any atom is 0.241 e. The molecule has 0 bridgehead atoms. The quantitative estimate of drug-likeness (QED) is 0.474. The highest BCUT2D eigenvalue weighted by Gasteiger charge is 2.08. The van der Waals surface area contributed by atoms with E-state index < -0.39 is 0 Å². The van der Waals surface area contributed by atoms with Gasteiger partial charge >= 0.3 is 0 Å². The van der Waals surface area contributed by atoms with E-state index in [0.29, 0.717) is 11.6 Å². The Balaban J connectivity index is 2.71. The molecule has 0 radical (unpaired) electrons. The second kappa shape index (κ2) is 5.26. The van der Waals surface area contributed by atoms with Crippen LogP contribution in [0.1, 0.15) is 5.56 Å². The number of hydrazine groups is 1. The molecule has 7 nitrogen and oxygen atoms in total. The lowest BCUT2D eigenvalue weighted by Crippen LogP contribution is -2.29. The lowest BCUT2D eigenvalue weighted by Gasteiger charge is -2.13. The Hall–Kier alpha value is -1.89. The number of hydrogen-bond donors (Lipinski definition) is 3. The highest BCUT2D eigenvalue weighted by atomic mass is 16.2. The van der Waals surface area contributed by atoms with Crippen LogP contribution in [0.2, 0.25) is 0 Å². The zero-order valence-corrected chi connectivity index (χ0v) is 9.61. The average Bonchev–Trinajstić information content (AvgIpc) is 2.27. The first-order valence-electron chi connectivity index (χ1n) is 4.78. The van der Waals surface area contributed by atoms with Gasteiger partial charge < -0.3 is 15.6 Å². The van der Waals surface area contributed by atoms with E-state index in [1.54, 1.807) is 14.1 Å². The molecule has 1 aromatic heterocycles. The van der Waals surface area contributed by atoms with E-state index in [2.05, 4.69) is 20.7 Å². The Morgan fingerprint density at radius 2 is 2.06 bits per heavy atom. The normalized spacial score (nSPS) is 9.75. The van der Waals surface area contributed by atoms with Crippen molar-refractivity contribution in [1.82, 2.24) is 14.9 Å². The summed E-state index contributed by atoms with van der Waals surface area (Å²) in [4.78, 5) is 20.8. The van der Waals surface area contributed by atoms with Crippen molar-refractivity contribution in [2.24, 2.45) is 5.84 Å². The molecule has 0 aliphatic carbocycles. The van der Waals surface area contributed by atoms with Gasteiger partial charge in [0.1, 0.15) is 18.0 Å². The maximum absolute atomic E-state index is 11.4. The van der Waals surface area contributed by atoms with Crippen molar-refractivity contribution in [1.29, 1.82) is 0 Å². The number of rotatable bonds is 4. The van der Waals surface area contributed by atoms with E-state index >= 15 is 0 Å². The van der Waals surface area contributed by atoms with Gasteiger partial charge in [-0.1, -0.05) is 0 Å². The van der Waals surface area contributed by atoms with Crippen molar-refractivity contribution < 1.29 is 4.79 Å². The minimum atomic E-state index is -0.0275. The molecule has 7 heteroatoms. The van der Waals surface area contributed by atoms with E-state index in [1.807, 2.05) is 6.92 Å². The summed E-state index contributed by atoms with van der Waals surface area (Å²) in [5.41, 5.74) is 3.23. The molecule has 1 aromatic rings. The maximum atomic E-state index is 11.4. The molecule has 0 aromatic carbocycles. The molecule has 1 rings (SSSR count). The standard InChI is InChI=1S/C9H16N6O/c1-6-8(11-4-7(16)15(2)3)12-5-13-9(6)14-10/h5H,4,10H2,1-3H3,(H2,11,12,13,14). The molecule has 0 saturated heterocycles. The molecule has 0 fully saturated rings. The first kappa shape index (κ1) is 12.2. The molecule has 0 spiro atoms. The van der Waals surface area contributed by atoms with Crippen LogP contribution in [0.15, 0.2) is 6.33 Å². The molecular formula is C9H16N6O. The lowest BCUT2D eigenvalue weighted by molar-refractivity contribution is -0.126. The van der Waals surface area contributed by atoms with Gasteiger partial charge in [0.15, 0.2) is 0 Å². The number of amides is 1. The molecule has 0 atom stereocenters. The fourth-order valence-electron chi connectivity index (χ4n) is 1.09. The van der Waals surface area contributed by atoms with Gasteiger partial charge in [-0.2, -0.15) is 0 Å². The minimum Gasteiger partial charge on any atom is -0.361 e. The van der Waals surface area contributed by atoms with Gasteiger partial charge in [0.05, 0.1) is 6.54 Å². The van der Waals surface area contributed by atoms with Crippen LogP contribution in [0, 0.1) is 6.92 Å². The van der Waals surface area contributed by atoms with Crippen LogP contribution in [0.25, 0.3) is 0 Å². The number of aromatic nitrogens is 2. The van der Waals surface area contributed by atoms with Crippen molar-refractivity contribution in [2.45, 2.75) is 6.92 Å². The Kier molecular flexibility index (Phi) is 4.01. The highest BCUT2D eigenvalue weighted by Crippen LogP contribution is 2.16. The smallest absolute Gasteiger partial charge is 0.241 e. The predicted molar refractivity (Wildman–Crippen MR) is 61.8 cm³/mol. The predicted octanol–water partition coefficient (Wildman–Crippen LogP) is -0.429. The van der Waals surface area contributed by atoms with Gasteiger partial charge in [-0.15, -0.1) is 0 Å². The summed E-state index contributed by atoms with van der Waals surface area (Å²) < 4.78 is 0. The first-order valence-corrected chi connectivity index (χ1v) is 4.78. The minimum absolute atomic E-state index is 0.0275. The SMILES string of the molecule is Cc1c(NN)ncnc1NCC(=O)N(C)C. The molecule has 0 unspecified atom stereocenters. The van der Waals surface area contributed by atoms with Crippen LogP contribution in [-0.2, 0) is 4.79 Å². The van der Waals surface area contributed by atoms with Crippen LogP contribution in [-0.4, -0.2) is 41.4 Å². The molecule has 4 N–H and O–H groups in total. The van der Waals surface area contributed by atoms with Gasteiger partial charge in [-0.05, 0) is 6.92 Å². The fraction of sp³-hybridized carbons (Fsp3) is 0.444. The number of nitrogens with one attached hydrogen (secondary N) is 2. The Morgan fingerprint density at radius 1 is 1.44 bits per heavy atom. The summed E-state index contributed by atoms with van der Waals surface area (Å²) in [6.07, 6.45) is 1.38. The van der Waals surface area contributed by atoms with E-state index in [-0.39, 0.29) is 12.5 Å². The number of nitrogens with zero attached hydrogens (tertiary/aromatic N) is 3. The van der Waals surface area contributed by atoms with Crippen molar-refractivity contribution in [3.63, 3.8) is 0 Å². The number of anilines is 2. The first-order chi connectivity index (χ1) is 7.56. The van der Waals surface area contributed by atoms with E-state index in [1.165, 1.54) is 11.2 Å². The van der Waals surface area contributed by atoms with Crippen molar-refractivity contribution in [3.05, 3.63) is 11.9 Å². The topological polar surface area (TPSA) is 96.2 Å². The number of carbonyl (C=O) groups is 1. The van der Waals surface area contributed by atoms with Gasteiger partial charge in [0, 0.05) is 19.7 Å². The molecule has 1 heterocycles. The van der Waals surface area contributed by atoms with E-state index in [9.17, 15) is 4.79 Å². The van der Waals surface area contributed by atoms with Crippen LogP contribution < -0.4 is 16.6 Å². The van der Waals surface area contributed by atoms with Crippen molar-refractivity contribution in [3.8, 4) is 0 Å². The van der Waals surface area contributed by atoms with Gasteiger partial charge in [0.25, 0.3) is 0 Å². The average molecular weight is 224 g/mol. The van der Waals surface area contributed by atoms with Gasteiger partial charge in [-0.3, -0.25) is 4.79 Å². The van der Waals surface area contributed by atoms with Crippen LogP contribution in [0.5, 0.6) is 0 Å². The molecule has 0 aliphatic rings. The Labute approximate surface area is 94.0 Å². The fourth-order valence-corrected chi connectivity index (χ4v) is 1.09. The largest absolute Gasteiger partial charge is 0.361 e. The molecule has 0 aliphatic heterocycles. The molecule has 88 valence electrons. The summed E-state index contributed by atoms with van der Waals surface area (Å²) in [7, 11) is 3.40. The Morgan fingerprint density at radius 3 is 2.62 bits per heavy atom. The summed E-state index contributed by atoms with van der Waals surface area (Å²) in [5.74, 6) is 6.39. The molecule has 1 amide bonds. The monoisotopic (exact) mass is 224 g/mol.